The molecule has 1 amide bonds. The van der Waals surface area contributed by atoms with Gasteiger partial charge in [0.15, 0.2) is 0 Å². The molecular weight excluding hydrogens is 286 g/mol. The second-order valence-electron chi connectivity index (χ2n) is 7.35. The van der Waals surface area contributed by atoms with E-state index in [2.05, 4.69) is 23.6 Å². The molecule has 1 aliphatic heterocycles. The second-order valence-corrected chi connectivity index (χ2v) is 7.35. The number of hydrogen-bond donors (Lipinski definition) is 1. The van der Waals surface area contributed by atoms with E-state index in [0.29, 0.717) is 11.8 Å². The van der Waals surface area contributed by atoms with E-state index in [9.17, 15) is 4.79 Å². The number of carbonyl (C=O) groups is 1. The maximum atomic E-state index is 12.4. The summed E-state index contributed by atoms with van der Waals surface area (Å²) in [5, 5.41) is 0. The largest absolute Gasteiger partial charge is 0.341 e. The Kier molecular flexibility index (Phi) is 7.45. The fraction of sp³-hybridized carbons (Fsp3) is 0.938. The Morgan fingerprint density at radius 3 is 2.38 bits per heavy atom. The van der Waals surface area contributed by atoms with Crippen LogP contribution in [-0.4, -0.2) is 54.0 Å². The third-order valence-electron chi connectivity index (χ3n) is 4.51. The normalized spacial score (nSPS) is 22.0. The van der Waals surface area contributed by atoms with Gasteiger partial charge in [0.1, 0.15) is 0 Å². The van der Waals surface area contributed by atoms with Gasteiger partial charge in [0.2, 0.25) is 5.91 Å². The van der Waals surface area contributed by atoms with Crippen LogP contribution in [0.1, 0.15) is 52.4 Å². The lowest BCUT2D eigenvalue weighted by Gasteiger charge is -2.28. The first-order valence-corrected chi connectivity index (χ1v) is 8.23. The van der Waals surface area contributed by atoms with E-state index in [0.717, 1.165) is 45.6 Å². The van der Waals surface area contributed by atoms with Gasteiger partial charge in [-0.3, -0.25) is 9.69 Å². The van der Waals surface area contributed by atoms with Gasteiger partial charge in [-0.1, -0.05) is 12.8 Å². The molecule has 1 heterocycles. The topological polar surface area (TPSA) is 49.6 Å². The molecule has 5 heteroatoms. The highest BCUT2D eigenvalue weighted by Crippen LogP contribution is 2.28. The fourth-order valence-electron chi connectivity index (χ4n) is 3.55. The summed E-state index contributed by atoms with van der Waals surface area (Å²) >= 11 is 0. The minimum atomic E-state index is -0.150. The summed E-state index contributed by atoms with van der Waals surface area (Å²) in [7, 11) is 0. The zero-order valence-corrected chi connectivity index (χ0v) is 14.5. The van der Waals surface area contributed by atoms with Crippen molar-refractivity contribution < 1.29 is 4.79 Å². The highest BCUT2D eigenvalue weighted by Gasteiger charge is 2.25. The lowest BCUT2D eigenvalue weighted by Crippen LogP contribution is -2.46. The van der Waals surface area contributed by atoms with E-state index < -0.39 is 0 Å². The molecule has 0 radical (unpaired) electrons. The first kappa shape index (κ1) is 18.7. The Morgan fingerprint density at radius 1 is 1.10 bits per heavy atom. The van der Waals surface area contributed by atoms with Gasteiger partial charge in [0.25, 0.3) is 0 Å². The second kappa shape index (κ2) is 8.35. The van der Waals surface area contributed by atoms with Crippen molar-refractivity contribution in [1.82, 2.24) is 9.80 Å². The van der Waals surface area contributed by atoms with Crippen LogP contribution in [0.15, 0.2) is 0 Å². The van der Waals surface area contributed by atoms with Gasteiger partial charge in [-0.2, -0.15) is 0 Å². The molecule has 2 aliphatic rings. The van der Waals surface area contributed by atoms with Crippen molar-refractivity contribution >= 4 is 18.3 Å². The highest BCUT2D eigenvalue weighted by atomic mass is 35.5. The first-order valence-electron chi connectivity index (χ1n) is 8.23. The zero-order chi connectivity index (χ0) is 14.6. The monoisotopic (exact) mass is 317 g/mol. The summed E-state index contributed by atoms with van der Waals surface area (Å²) in [5.41, 5.74) is 5.95. The fourth-order valence-corrected chi connectivity index (χ4v) is 3.55. The SMILES string of the molecule is CC(C)(N)CN1CCCN(C(=O)CC2CCCC2)CC1.Cl. The van der Waals surface area contributed by atoms with E-state index in [-0.39, 0.29) is 17.9 Å². The number of nitrogens with two attached hydrogens (primary N) is 1. The number of hydrogen-bond acceptors (Lipinski definition) is 3. The smallest absolute Gasteiger partial charge is 0.222 e. The maximum Gasteiger partial charge on any atom is 0.222 e. The van der Waals surface area contributed by atoms with Crippen molar-refractivity contribution in [2.75, 3.05) is 32.7 Å². The Hall–Kier alpha value is -0.320. The van der Waals surface area contributed by atoms with Crippen molar-refractivity contribution in [3.63, 3.8) is 0 Å². The summed E-state index contributed by atoms with van der Waals surface area (Å²) in [6.45, 7) is 8.89. The lowest BCUT2D eigenvalue weighted by molar-refractivity contribution is -0.132. The predicted molar refractivity (Wildman–Crippen MR) is 89.7 cm³/mol. The van der Waals surface area contributed by atoms with E-state index in [1.165, 1.54) is 25.7 Å². The van der Waals surface area contributed by atoms with Crippen molar-refractivity contribution in [3.8, 4) is 0 Å². The molecule has 0 aromatic carbocycles. The van der Waals surface area contributed by atoms with Crippen LogP contribution < -0.4 is 5.73 Å². The molecule has 124 valence electrons. The number of carbonyl (C=O) groups excluding carboxylic acids is 1. The molecule has 0 aromatic heterocycles. The molecule has 2 N–H and O–H groups in total. The van der Waals surface area contributed by atoms with E-state index >= 15 is 0 Å². The van der Waals surface area contributed by atoms with Gasteiger partial charge in [-0.15, -0.1) is 12.4 Å². The van der Waals surface area contributed by atoms with Crippen LogP contribution in [0, 0.1) is 5.92 Å². The van der Waals surface area contributed by atoms with E-state index in [1.54, 1.807) is 0 Å². The van der Waals surface area contributed by atoms with Gasteiger partial charge >= 0.3 is 0 Å². The molecule has 1 saturated carbocycles. The van der Waals surface area contributed by atoms with Gasteiger partial charge in [-0.25, -0.2) is 0 Å². The van der Waals surface area contributed by atoms with Crippen molar-refractivity contribution in [1.29, 1.82) is 0 Å². The molecule has 1 aliphatic carbocycles. The van der Waals surface area contributed by atoms with Crippen LogP contribution in [0.2, 0.25) is 0 Å². The molecule has 0 spiro atoms. The average molecular weight is 318 g/mol. The summed E-state index contributed by atoms with van der Waals surface area (Å²) in [5.74, 6) is 1.04. The zero-order valence-electron chi connectivity index (χ0n) is 13.6. The van der Waals surface area contributed by atoms with E-state index in [4.69, 9.17) is 5.73 Å². The summed E-state index contributed by atoms with van der Waals surface area (Å²) < 4.78 is 0. The van der Waals surface area contributed by atoms with Gasteiger partial charge in [0, 0.05) is 38.1 Å². The van der Waals surface area contributed by atoms with Crippen LogP contribution in [0.4, 0.5) is 0 Å². The van der Waals surface area contributed by atoms with Crippen LogP contribution in [0.25, 0.3) is 0 Å². The minimum Gasteiger partial charge on any atom is -0.341 e. The number of nitrogens with zero attached hydrogens (tertiary/aromatic N) is 2. The molecule has 0 bridgehead atoms. The van der Waals surface area contributed by atoms with Crippen molar-refractivity contribution in [3.05, 3.63) is 0 Å². The Bertz CT molecular complexity index is 324. The van der Waals surface area contributed by atoms with Crippen LogP contribution in [0.5, 0.6) is 0 Å². The molecule has 2 fully saturated rings. The third-order valence-corrected chi connectivity index (χ3v) is 4.51. The highest BCUT2D eigenvalue weighted by molar-refractivity contribution is 5.85. The van der Waals surface area contributed by atoms with Crippen molar-refractivity contribution in [2.45, 2.75) is 57.9 Å². The van der Waals surface area contributed by atoms with Crippen LogP contribution >= 0.6 is 12.4 Å². The standard InChI is InChI=1S/C16H31N3O.ClH/c1-16(2,17)13-18-8-5-9-19(11-10-18)15(20)12-14-6-3-4-7-14;/h14H,3-13,17H2,1-2H3;1H. The van der Waals surface area contributed by atoms with Gasteiger partial charge in [0.05, 0.1) is 0 Å². The van der Waals surface area contributed by atoms with Crippen LogP contribution in [0.3, 0.4) is 0 Å². The van der Waals surface area contributed by atoms with Gasteiger partial charge < -0.3 is 10.6 Å². The molecule has 21 heavy (non-hydrogen) atoms. The van der Waals surface area contributed by atoms with Gasteiger partial charge in [-0.05, 0) is 45.6 Å². The van der Waals surface area contributed by atoms with Crippen LogP contribution in [-0.2, 0) is 4.79 Å². The average Bonchev–Trinajstić information content (AvgIpc) is 2.73. The Morgan fingerprint density at radius 2 is 1.76 bits per heavy atom. The number of halogens is 1. The number of amides is 1. The third kappa shape index (κ3) is 6.54. The number of rotatable bonds is 4. The predicted octanol–water partition coefficient (Wildman–Crippen LogP) is 2.26. The molecule has 0 aromatic rings. The molecular formula is C16H32ClN3O. The molecule has 2 rings (SSSR count). The first-order chi connectivity index (χ1) is 9.44. The molecule has 0 atom stereocenters. The Balaban J connectivity index is 0.00000220. The Labute approximate surface area is 135 Å². The molecule has 1 saturated heterocycles. The minimum absolute atomic E-state index is 0. The maximum absolute atomic E-state index is 12.4. The lowest BCUT2D eigenvalue weighted by atomic mass is 10.0. The van der Waals surface area contributed by atoms with E-state index in [1.807, 2.05) is 0 Å². The van der Waals surface area contributed by atoms with Crippen molar-refractivity contribution in [2.24, 2.45) is 11.7 Å². The summed E-state index contributed by atoms with van der Waals surface area (Å²) in [6.07, 6.45) is 7.00. The summed E-state index contributed by atoms with van der Waals surface area (Å²) in [6, 6.07) is 0. The quantitative estimate of drug-likeness (QED) is 0.865. The molecule has 4 nitrogen and oxygen atoms in total. The molecule has 0 unspecified atom stereocenters. The summed E-state index contributed by atoms with van der Waals surface area (Å²) in [4.78, 5) is 16.9.